The fraction of sp³-hybridized carbons (Fsp3) is 0.379. The molecule has 0 amide bonds. The van der Waals surface area contributed by atoms with E-state index in [1.807, 2.05) is 0 Å². The Bertz CT molecular complexity index is 863. The van der Waals surface area contributed by atoms with Crippen molar-refractivity contribution in [2.24, 2.45) is 0 Å². The van der Waals surface area contributed by atoms with Crippen LogP contribution in [0.3, 0.4) is 0 Å². The summed E-state index contributed by atoms with van der Waals surface area (Å²) in [5.74, 6) is 2.67. The second-order valence-corrected chi connectivity index (χ2v) is 34.4. The van der Waals surface area contributed by atoms with E-state index in [1.165, 1.54) is 33.7 Å². The van der Waals surface area contributed by atoms with E-state index in [2.05, 4.69) is 135 Å². The van der Waals surface area contributed by atoms with Gasteiger partial charge in [-0.25, -0.2) is 0 Å². The molecule has 0 aromatic heterocycles. The molecule has 4 heteroatoms. The molecule has 4 rings (SSSR count). The molecule has 0 spiro atoms. The van der Waals surface area contributed by atoms with Crippen LogP contribution in [0.4, 0.5) is 0 Å². The summed E-state index contributed by atoms with van der Waals surface area (Å²) in [6, 6.07) is 35.4. The zero-order valence-corrected chi connectivity index (χ0v) is 26.2. The molecule has 33 heavy (non-hydrogen) atoms. The molecule has 0 saturated carbocycles. The van der Waals surface area contributed by atoms with Crippen molar-refractivity contribution in [1.82, 2.24) is 0 Å². The summed E-state index contributed by atoms with van der Waals surface area (Å²) in [5, 5.41) is 4.32. The zero-order valence-electron chi connectivity index (χ0n) is 20.4. The van der Waals surface area contributed by atoms with E-state index in [4.69, 9.17) is 0 Å². The normalized spacial score (nSPS) is 16.5. The van der Waals surface area contributed by atoms with Crippen molar-refractivity contribution in [3.05, 3.63) is 91.0 Å². The first kappa shape index (κ1) is 25.5. The number of benzene rings is 3. The Morgan fingerprint density at radius 1 is 0.636 bits per heavy atom. The molecule has 1 aliphatic heterocycles. The van der Waals surface area contributed by atoms with Gasteiger partial charge in [-0.2, -0.15) is 0 Å². The van der Waals surface area contributed by atoms with Crippen molar-refractivity contribution in [3.8, 4) is 0 Å². The quantitative estimate of drug-likeness (QED) is 0.251. The van der Waals surface area contributed by atoms with Crippen LogP contribution in [0, 0.1) is 0 Å². The Balaban J connectivity index is 2.12. The van der Waals surface area contributed by atoms with E-state index in [9.17, 15) is 0 Å². The van der Waals surface area contributed by atoms with Gasteiger partial charge >= 0.3 is 217 Å². The summed E-state index contributed by atoms with van der Waals surface area (Å²) >= 11 is -0.683. The number of rotatable bonds is 9. The Hall–Kier alpha value is -0.554. The first-order chi connectivity index (χ1) is 16.2. The van der Waals surface area contributed by atoms with Gasteiger partial charge in [0, 0.05) is 0 Å². The number of hydrogen-bond donors (Lipinski definition) is 0. The standard InChI is InChI=1S/C29H38Ge2S2/c1-4-30(5-2,6-3)28(29-32-23-16-24-33-29)31(25-17-10-7-11-18-25,26-19-12-8-13-20-26)27-21-14-9-15-22-27/h7-15,17-22,28-29H,4-6,16,23-24H2,1-3H3. The van der Waals surface area contributed by atoms with E-state index >= 15 is 0 Å². The van der Waals surface area contributed by atoms with Crippen molar-refractivity contribution in [3.63, 3.8) is 0 Å². The fourth-order valence-corrected chi connectivity index (χ4v) is 57.3. The topological polar surface area (TPSA) is 0 Å². The maximum absolute atomic E-state index is 3.06. The van der Waals surface area contributed by atoms with Gasteiger partial charge in [0.1, 0.15) is 0 Å². The molecule has 1 saturated heterocycles. The average Bonchev–Trinajstić information content (AvgIpc) is 2.91. The fourth-order valence-electron chi connectivity index (χ4n) is 6.20. The monoisotopic (exact) mass is 598 g/mol. The van der Waals surface area contributed by atoms with Crippen LogP contribution >= 0.6 is 23.5 Å². The van der Waals surface area contributed by atoms with Crippen molar-refractivity contribution in [2.45, 2.75) is 51.1 Å². The molecule has 3 aromatic carbocycles. The molecule has 1 unspecified atom stereocenters. The summed E-state index contributed by atoms with van der Waals surface area (Å²) < 4.78 is 6.58. The Morgan fingerprint density at radius 2 is 1.00 bits per heavy atom. The van der Waals surface area contributed by atoms with Crippen LogP contribution in [0.25, 0.3) is 0 Å². The van der Waals surface area contributed by atoms with E-state index < -0.39 is 26.5 Å². The third-order valence-electron chi connectivity index (χ3n) is 8.05. The Labute approximate surface area is 215 Å². The third-order valence-corrected chi connectivity index (χ3v) is 47.4. The molecule has 3 aromatic rings. The molecule has 1 atom stereocenters. The molecule has 1 heterocycles. The summed E-state index contributed by atoms with van der Waals surface area (Å²) in [4.78, 5) is 0. The molecule has 1 aliphatic rings. The summed E-state index contributed by atoms with van der Waals surface area (Å²) in [5.41, 5.74) is 0. The number of thioether (sulfide) groups is 2. The van der Waals surface area contributed by atoms with Crippen LogP contribution in [0.15, 0.2) is 91.0 Å². The van der Waals surface area contributed by atoms with Gasteiger partial charge in [0.2, 0.25) is 0 Å². The minimum atomic E-state index is -3.06. The van der Waals surface area contributed by atoms with E-state index in [-0.39, 0.29) is 0 Å². The molecule has 0 bridgehead atoms. The maximum atomic E-state index is 2.55. The van der Waals surface area contributed by atoms with Crippen molar-refractivity contribution < 1.29 is 0 Å². The SMILES string of the molecule is C[CH2][Ge]([CH2]C)([CH2]C)[CH](C1SCCCS1)[Ge]([c]1ccccc1)([c]1ccccc1)[c]1ccccc1. The van der Waals surface area contributed by atoms with Crippen LogP contribution in [-0.4, -0.2) is 42.6 Å². The zero-order chi connectivity index (χ0) is 23.2. The minimum absolute atomic E-state index is 0.735. The third kappa shape index (κ3) is 4.92. The van der Waals surface area contributed by atoms with Gasteiger partial charge in [0.25, 0.3) is 0 Å². The van der Waals surface area contributed by atoms with Crippen molar-refractivity contribution in [2.75, 3.05) is 11.5 Å². The van der Waals surface area contributed by atoms with E-state index in [1.54, 1.807) is 13.2 Å². The molecule has 0 N–H and O–H groups in total. The van der Waals surface area contributed by atoms with Gasteiger partial charge in [-0.05, 0) is 0 Å². The molecule has 0 radical (unpaired) electrons. The van der Waals surface area contributed by atoms with Gasteiger partial charge in [0.05, 0.1) is 0 Å². The Kier molecular flexibility index (Phi) is 9.23. The molecule has 174 valence electrons. The second-order valence-electron chi connectivity index (χ2n) is 9.27. The van der Waals surface area contributed by atoms with Crippen molar-refractivity contribution >= 4 is 63.2 Å². The Morgan fingerprint density at radius 3 is 1.33 bits per heavy atom. The first-order valence-electron chi connectivity index (χ1n) is 12.6. The van der Waals surface area contributed by atoms with Crippen LogP contribution in [0.2, 0.25) is 19.3 Å². The summed E-state index contributed by atoms with van der Waals surface area (Å²) in [7, 11) is 0. The molecular weight excluding hydrogens is 558 g/mol. The molecule has 0 aliphatic carbocycles. The molecule has 0 nitrogen and oxygen atoms in total. The molecule has 1 fully saturated rings. The predicted molar refractivity (Wildman–Crippen MR) is 158 cm³/mol. The summed E-state index contributed by atoms with van der Waals surface area (Å²) in [6.45, 7) is 7.64. The van der Waals surface area contributed by atoms with E-state index in [0.29, 0.717) is 0 Å². The van der Waals surface area contributed by atoms with Gasteiger partial charge in [-0.1, -0.05) is 0 Å². The van der Waals surface area contributed by atoms with Crippen molar-refractivity contribution in [1.29, 1.82) is 0 Å². The molecular formula is C29H38Ge2S2. The van der Waals surface area contributed by atoms with Gasteiger partial charge in [-0.3, -0.25) is 0 Å². The van der Waals surface area contributed by atoms with Crippen LogP contribution in [0.1, 0.15) is 27.2 Å². The van der Waals surface area contributed by atoms with Gasteiger partial charge in [0.15, 0.2) is 0 Å². The first-order valence-corrected chi connectivity index (χ1v) is 24.7. The summed E-state index contributed by atoms with van der Waals surface area (Å²) in [6.07, 6.45) is 1.37. The van der Waals surface area contributed by atoms with Crippen LogP contribution in [0.5, 0.6) is 0 Å². The second kappa shape index (κ2) is 11.9. The average molecular weight is 596 g/mol. The van der Waals surface area contributed by atoms with E-state index in [0.717, 1.165) is 8.16 Å². The van der Waals surface area contributed by atoms with Crippen LogP contribution in [-0.2, 0) is 0 Å². The number of hydrogen-bond acceptors (Lipinski definition) is 2. The van der Waals surface area contributed by atoms with Crippen LogP contribution < -0.4 is 13.2 Å². The van der Waals surface area contributed by atoms with Gasteiger partial charge in [-0.15, -0.1) is 0 Å². The predicted octanol–water partition coefficient (Wildman–Crippen LogP) is 6.77. The van der Waals surface area contributed by atoms with Gasteiger partial charge < -0.3 is 0 Å².